The normalized spacial score (nSPS) is 12.4. The molecule has 0 fully saturated rings. The molecule has 0 amide bonds. The summed E-state index contributed by atoms with van der Waals surface area (Å²) in [7, 11) is -1.78. The van der Waals surface area contributed by atoms with Crippen molar-refractivity contribution in [3.63, 3.8) is 0 Å². The molecular formula is C115H103ClN8P4Pd. The summed E-state index contributed by atoms with van der Waals surface area (Å²) in [4.78, 5) is 31.9. The van der Waals surface area contributed by atoms with Crippen LogP contribution in [0.2, 0.25) is 5.28 Å². The summed E-state index contributed by atoms with van der Waals surface area (Å²) in [5.74, 6) is 2.87. The molecule has 18 aromatic rings. The molecule has 22 rings (SSSR count). The van der Waals surface area contributed by atoms with Gasteiger partial charge in [-0.05, 0) is 226 Å². The zero-order valence-electron chi connectivity index (χ0n) is 72.4. The number of benzene rings is 14. The van der Waals surface area contributed by atoms with Gasteiger partial charge in [0.05, 0.1) is 5.69 Å². The van der Waals surface area contributed by atoms with Crippen LogP contribution in [0.1, 0.15) is 65.0 Å². The van der Waals surface area contributed by atoms with E-state index in [0.717, 1.165) is 112 Å². The van der Waals surface area contributed by atoms with Crippen molar-refractivity contribution >= 4 is 130 Å². The van der Waals surface area contributed by atoms with Crippen molar-refractivity contribution in [2.45, 2.75) is 71.1 Å². The summed E-state index contributed by atoms with van der Waals surface area (Å²) in [6.45, 7) is 4.00. The van der Waals surface area contributed by atoms with Crippen molar-refractivity contribution < 1.29 is 20.4 Å². The second-order valence-electron chi connectivity index (χ2n) is 31.1. The van der Waals surface area contributed by atoms with Gasteiger partial charge in [0.15, 0.2) is 5.82 Å². The van der Waals surface area contributed by atoms with Crippen molar-refractivity contribution in [1.82, 2.24) is 29.9 Å². The van der Waals surface area contributed by atoms with Crippen molar-refractivity contribution in [3.8, 4) is 11.5 Å². The second kappa shape index (κ2) is 48.3. The van der Waals surface area contributed by atoms with Crippen molar-refractivity contribution in [2.24, 2.45) is 0 Å². The Kier molecular flexibility index (Phi) is 34.3. The Balaban J connectivity index is 0.000000117. The molecule has 6 heterocycles. The maximum atomic E-state index is 6.13. The number of hydrogen-bond donors (Lipinski definition) is 0. The minimum atomic E-state index is -0.446. The van der Waals surface area contributed by atoms with Gasteiger partial charge in [-0.1, -0.05) is 413 Å². The molecular weight excluding hydrogens is 1760 g/mol. The average molecular weight is 1860 g/mol. The fraction of sp³-hybridized carbons (Fsp3) is 0.113. The van der Waals surface area contributed by atoms with Crippen molar-refractivity contribution in [1.29, 1.82) is 0 Å². The summed E-state index contributed by atoms with van der Waals surface area (Å²) in [5.41, 5.74) is 12.3. The van der Waals surface area contributed by atoms with Crippen LogP contribution in [0.5, 0.6) is 0 Å². The molecule has 4 aliphatic rings. The molecule has 0 N–H and O–H groups in total. The first-order chi connectivity index (χ1) is 63.4. The SMILES string of the molecule is Cc1ccccn1.Clc1nc2c(c(N3CCCc4ccccc43)n1)CCC2.[Pd].c1ccc(-c2nc3c(c(N4CCCc5ccccc54)n2)CCC3)nc1.c1ccc(P(c2ccccc2)c2ccccc2)cc1.c1ccc(P(c2ccccc2)c2ccccc2)cc1.c1ccc(P(c2ccccc2)c2ccccc2)cc1.c1ccc(P(c2ccccc2)c2ccccc2)cc1. The first-order valence-electron chi connectivity index (χ1n) is 44.2. The number of nitrogens with zero attached hydrogens (tertiary/aromatic N) is 8. The Bertz CT molecular complexity index is 5510. The smallest absolute Gasteiger partial charge is 0.224 e. The third kappa shape index (κ3) is 24.8. The Morgan fingerprint density at radius 1 is 0.240 bits per heavy atom. The van der Waals surface area contributed by atoms with Gasteiger partial charge in [-0.15, -0.1) is 0 Å². The fourth-order valence-electron chi connectivity index (χ4n) is 16.5. The zero-order valence-corrected chi connectivity index (χ0v) is 78.3. The molecule has 2 aliphatic carbocycles. The number of aryl methyl sites for hydroxylation is 5. The van der Waals surface area contributed by atoms with E-state index in [2.05, 4.69) is 442 Å². The predicted octanol–water partition coefficient (Wildman–Crippen LogP) is 23.0. The monoisotopic (exact) mass is 1860 g/mol. The number of fused-ring (bicyclic) bond motifs is 4. The van der Waals surface area contributed by atoms with Crippen LogP contribution in [0.25, 0.3) is 11.5 Å². The molecule has 129 heavy (non-hydrogen) atoms. The molecule has 0 saturated heterocycles. The van der Waals surface area contributed by atoms with E-state index in [4.69, 9.17) is 21.6 Å². The van der Waals surface area contributed by atoms with Gasteiger partial charge in [-0.25, -0.2) is 15.0 Å². The number of hydrogen-bond acceptors (Lipinski definition) is 8. The van der Waals surface area contributed by atoms with Gasteiger partial charge in [0, 0.05) is 79.8 Å². The first kappa shape index (κ1) is 91.6. The Hall–Kier alpha value is -12.2. The fourth-order valence-corrected chi connectivity index (χ4v) is 25.9. The van der Waals surface area contributed by atoms with Crippen LogP contribution >= 0.6 is 43.3 Å². The summed E-state index contributed by atoms with van der Waals surface area (Å²) >= 11 is 6.13. The van der Waals surface area contributed by atoms with E-state index in [1.54, 1.807) is 6.20 Å². The standard InChI is InChI=1S/C21H20N4.4C18H15P.C16H16ClN3.C6H7N.Pd/c1-2-12-19-15(7-1)8-6-14-25(19)21-16-9-5-11-17(16)23-20(24-21)18-10-3-4-13-22-18;4*1-4-10-16(11-5-1)19(17-12-6-2-7-13-17)18-14-8-3-9-15-18;17-16-18-13-8-3-7-12(13)15(19-16)20-10-4-6-11-5-1-2-9-14(11)20;1-6-4-2-3-5-7-6;/h1-4,7,10,12-13H,5-6,8-9,11,14H2;4*1-15H;1-2,5,9H,3-4,6-8,10H2;2-5H,1H3;. The summed E-state index contributed by atoms with van der Waals surface area (Å²) in [6, 6.07) is 158. The van der Waals surface area contributed by atoms with Gasteiger partial charge < -0.3 is 9.80 Å². The zero-order chi connectivity index (χ0) is 86.9. The van der Waals surface area contributed by atoms with E-state index >= 15 is 0 Å². The summed E-state index contributed by atoms with van der Waals surface area (Å²) in [5, 5.41) is 17.2. The number of aromatic nitrogens is 6. The van der Waals surface area contributed by atoms with E-state index < -0.39 is 31.7 Å². The van der Waals surface area contributed by atoms with E-state index in [0.29, 0.717) is 5.28 Å². The quantitative estimate of drug-likeness (QED) is 0.0570. The number of rotatable bonds is 15. The predicted molar refractivity (Wildman–Crippen MR) is 549 cm³/mol. The molecule has 0 spiro atoms. The van der Waals surface area contributed by atoms with Crippen LogP contribution in [0.3, 0.4) is 0 Å². The van der Waals surface area contributed by atoms with Gasteiger partial charge in [-0.2, -0.15) is 4.98 Å². The van der Waals surface area contributed by atoms with Crippen LogP contribution < -0.4 is 73.5 Å². The van der Waals surface area contributed by atoms with E-state index in [1.807, 2.05) is 49.5 Å². The maximum Gasteiger partial charge on any atom is 0.224 e. The second-order valence-corrected chi connectivity index (χ2v) is 40.3. The van der Waals surface area contributed by atoms with Crippen molar-refractivity contribution in [2.75, 3.05) is 22.9 Å². The Labute approximate surface area is 785 Å². The van der Waals surface area contributed by atoms with Gasteiger partial charge in [0.25, 0.3) is 0 Å². The summed E-state index contributed by atoms with van der Waals surface area (Å²) < 4.78 is 0. The Morgan fingerprint density at radius 3 is 0.760 bits per heavy atom. The number of para-hydroxylation sites is 2. The largest absolute Gasteiger partial charge is 0.326 e. The molecule has 4 aromatic heterocycles. The number of anilines is 4. The molecule has 0 atom stereocenters. The minimum Gasteiger partial charge on any atom is -0.326 e. The molecule has 0 unspecified atom stereocenters. The third-order valence-corrected chi connectivity index (χ3v) is 32.4. The maximum absolute atomic E-state index is 6.13. The number of halogens is 1. The van der Waals surface area contributed by atoms with Crippen LogP contribution in [-0.2, 0) is 58.9 Å². The molecule has 14 heteroatoms. The van der Waals surface area contributed by atoms with Crippen LogP contribution in [0, 0.1) is 6.92 Å². The molecule has 0 radical (unpaired) electrons. The van der Waals surface area contributed by atoms with E-state index in [-0.39, 0.29) is 20.4 Å². The van der Waals surface area contributed by atoms with Gasteiger partial charge in [0.2, 0.25) is 5.28 Å². The third-order valence-electron chi connectivity index (χ3n) is 22.4. The molecule has 640 valence electrons. The number of pyridine rings is 2. The van der Waals surface area contributed by atoms with E-state index in [9.17, 15) is 0 Å². The van der Waals surface area contributed by atoms with Crippen LogP contribution in [-0.4, -0.2) is 43.0 Å². The van der Waals surface area contributed by atoms with Crippen molar-refractivity contribution in [3.05, 3.63) is 506 Å². The van der Waals surface area contributed by atoms with E-state index in [1.165, 1.54) is 103 Å². The minimum absolute atomic E-state index is 0. The van der Waals surface area contributed by atoms with Gasteiger partial charge >= 0.3 is 0 Å². The molecule has 0 bridgehead atoms. The average Bonchev–Trinajstić information content (AvgIpc) is 1.73. The van der Waals surface area contributed by atoms with Gasteiger partial charge in [0.1, 0.15) is 17.3 Å². The molecule has 14 aromatic carbocycles. The first-order valence-corrected chi connectivity index (χ1v) is 49.9. The molecule has 2 aliphatic heterocycles. The molecule has 8 nitrogen and oxygen atoms in total. The van der Waals surface area contributed by atoms with Crippen LogP contribution in [0.15, 0.2) is 461 Å². The summed E-state index contributed by atoms with van der Waals surface area (Å²) in [6.07, 6.45) is 14.7. The topological polar surface area (TPSA) is 83.8 Å². The van der Waals surface area contributed by atoms with Gasteiger partial charge in [-0.3, -0.25) is 9.97 Å². The molecule has 0 saturated carbocycles. The Morgan fingerprint density at radius 2 is 0.496 bits per heavy atom. The van der Waals surface area contributed by atoms with Crippen LogP contribution in [0.4, 0.5) is 23.0 Å².